The number of benzene rings is 7. The minimum absolute atomic E-state index is 0.125. The van der Waals surface area contributed by atoms with E-state index in [-0.39, 0.29) is 5.41 Å². The maximum Gasteiger partial charge on any atom is 0.0708 e. The summed E-state index contributed by atoms with van der Waals surface area (Å²) in [5.41, 5.74) is 17.4. The van der Waals surface area contributed by atoms with Gasteiger partial charge in [-0.1, -0.05) is 123 Å². The molecule has 1 aliphatic carbocycles. The number of hydrogen-bond acceptors (Lipinski definition) is 1. The lowest BCUT2D eigenvalue weighted by atomic mass is 9.80. The van der Waals surface area contributed by atoms with Crippen molar-refractivity contribution >= 4 is 32.7 Å². The molecule has 2 heteroatoms. The molecule has 0 bridgehead atoms. The Bertz CT molecular complexity index is 2760. The average molecular weight is 639 g/mol. The number of fused-ring (bicyclic) bond motifs is 7. The zero-order valence-electron chi connectivity index (χ0n) is 28.1. The van der Waals surface area contributed by atoms with Crippen LogP contribution in [0.1, 0.15) is 25.0 Å². The molecule has 2 heterocycles. The highest BCUT2D eigenvalue weighted by Gasteiger charge is 2.36. The molecular formula is C48H34N2. The lowest BCUT2D eigenvalue weighted by molar-refractivity contribution is 0.661. The highest BCUT2D eigenvalue weighted by molar-refractivity contribution is 6.10. The van der Waals surface area contributed by atoms with Crippen LogP contribution in [0.2, 0.25) is 0 Å². The van der Waals surface area contributed by atoms with E-state index >= 15 is 0 Å². The Hall–Kier alpha value is -6.25. The first-order valence-electron chi connectivity index (χ1n) is 17.4. The molecule has 0 saturated heterocycles. The minimum atomic E-state index is -0.125. The van der Waals surface area contributed by atoms with E-state index in [1.807, 2.05) is 12.3 Å². The van der Waals surface area contributed by atoms with Crippen molar-refractivity contribution in [2.24, 2.45) is 0 Å². The Morgan fingerprint density at radius 3 is 1.74 bits per heavy atom. The van der Waals surface area contributed by atoms with E-state index in [0.717, 1.165) is 5.52 Å². The predicted molar refractivity (Wildman–Crippen MR) is 210 cm³/mol. The Morgan fingerprint density at radius 1 is 0.420 bits per heavy atom. The highest BCUT2D eigenvalue weighted by Crippen LogP contribution is 2.51. The summed E-state index contributed by atoms with van der Waals surface area (Å²) in [6.45, 7) is 4.75. The molecule has 0 fully saturated rings. The Labute approximate surface area is 291 Å². The summed E-state index contributed by atoms with van der Waals surface area (Å²) in [6, 6.07) is 59.9. The molecule has 0 N–H and O–H groups in total. The topological polar surface area (TPSA) is 17.8 Å². The van der Waals surface area contributed by atoms with Gasteiger partial charge in [-0.3, -0.25) is 4.98 Å². The summed E-state index contributed by atoms with van der Waals surface area (Å²) < 4.78 is 2.38. The molecule has 0 spiro atoms. The van der Waals surface area contributed by atoms with Gasteiger partial charge in [0, 0.05) is 33.5 Å². The maximum absolute atomic E-state index is 4.55. The van der Waals surface area contributed by atoms with E-state index in [1.165, 1.54) is 88.5 Å². The van der Waals surface area contributed by atoms with Crippen molar-refractivity contribution < 1.29 is 0 Å². The van der Waals surface area contributed by atoms with E-state index in [1.54, 1.807) is 0 Å². The average Bonchev–Trinajstić information content (AvgIpc) is 3.62. The van der Waals surface area contributed by atoms with E-state index in [0.29, 0.717) is 0 Å². The third-order valence-corrected chi connectivity index (χ3v) is 10.9. The second-order valence-corrected chi connectivity index (χ2v) is 14.0. The van der Waals surface area contributed by atoms with Crippen LogP contribution in [-0.2, 0) is 5.41 Å². The standard InChI is InChI=1S/C48H34N2/c1-48(2)43-29-34(31-16-18-32(19-17-31)37-26-27-49-45-14-8-6-12-40(37)45)20-23-38(43)39-24-21-35(30-44(39)48)33-22-25-47-42(28-33)41-13-7-9-15-46(41)50(47)36-10-4-3-5-11-36/h3-30H,1-2H3. The fraction of sp³-hybridized carbons (Fsp3) is 0.0625. The number of nitrogens with zero attached hydrogens (tertiary/aromatic N) is 2. The SMILES string of the molecule is CC1(C)c2cc(-c3ccc(-c4ccnc5ccccc45)cc3)ccc2-c2ccc(-c3ccc4c(c3)c3ccccc3n4-c3ccccc3)cc21. The van der Waals surface area contributed by atoms with Gasteiger partial charge in [0.15, 0.2) is 0 Å². The van der Waals surface area contributed by atoms with Crippen LogP contribution in [0.25, 0.3) is 82.9 Å². The van der Waals surface area contributed by atoms with Gasteiger partial charge in [0.2, 0.25) is 0 Å². The molecule has 9 aromatic rings. The number of aromatic nitrogens is 2. The lowest BCUT2D eigenvalue weighted by Crippen LogP contribution is -2.15. The normalized spacial score (nSPS) is 13.2. The molecule has 2 nitrogen and oxygen atoms in total. The summed E-state index contributed by atoms with van der Waals surface area (Å²) >= 11 is 0. The molecule has 10 rings (SSSR count). The first-order valence-corrected chi connectivity index (χ1v) is 17.4. The van der Waals surface area contributed by atoms with E-state index in [9.17, 15) is 0 Å². The third kappa shape index (κ3) is 4.32. The number of pyridine rings is 1. The molecular weight excluding hydrogens is 605 g/mol. The molecule has 2 aromatic heterocycles. The van der Waals surface area contributed by atoms with Crippen LogP contribution in [0.15, 0.2) is 170 Å². The summed E-state index contributed by atoms with van der Waals surface area (Å²) in [7, 11) is 0. The molecule has 236 valence electrons. The van der Waals surface area contributed by atoms with E-state index in [2.05, 4.69) is 181 Å². The summed E-state index contributed by atoms with van der Waals surface area (Å²) in [4.78, 5) is 4.55. The molecule has 0 amide bonds. The van der Waals surface area contributed by atoms with E-state index in [4.69, 9.17) is 0 Å². The minimum Gasteiger partial charge on any atom is -0.309 e. The fourth-order valence-corrected chi connectivity index (χ4v) is 8.29. The van der Waals surface area contributed by atoms with Crippen LogP contribution in [0.3, 0.4) is 0 Å². The van der Waals surface area contributed by atoms with Crippen molar-refractivity contribution in [2.45, 2.75) is 19.3 Å². The van der Waals surface area contributed by atoms with Crippen molar-refractivity contribution in [1.29, 1.82) is 0 Å². The van der Waals surface area contributed by atoms with Gasteiger partial charge >= 0.3 is 0 Å². The van der Waals surface area contributed by atoms with Crippen molar-refractivity contribution in [2.75, 3.05) is 0 Å². The Morgan fingerprint density at radius 2 is 0.980 bits per heavy atom. The molecule has 1 aliphatic rings. The van der Waals surface area contributed by atoms with Crippen molar-refractivity contribution in [3.63, 3.8) is 0 Å². The first kappa shape index (κ1) is 28.7. The van der Waals surface area contributed by atoms with Gasteiger partial charge < -0.3 is 4.57 Å². The van der Waals surface area contributed by atoms with Crippen molar-refractivity contribution in [3.8, 4) is 50.2 Å². The molecule has 0 aliphatic heterocycles. The van der Waals surface area contributed by atoms with Crippen LogP contribution < -0.4 is 0 Å². The van der Waals surface area contributed by atoms with Gasteiger partial charge in [0.1, 0.15) is 0 Å². The van der Waals surface area contributed by atoms with Gasteiger partial charge in [-0.2, -0.15) is 0 Å². The molecule has 0 atom stereocenters. The quantitative estimate of drug-likeness (QED) is 0.188. The lowest BCUT2D eigenvalue weighted by Gasteiger charge is -2.22. The van der Waals surface area contributed by atoms with E-state index < -0.39 is 0 Å². The van der Waals surface area contributed by atoms with Gasteiger partial charge in [-0.25, -0.2) is 0 Å². The van der Waals surface area contributed by atoms with Gasteiger partial charge in [-0.15, -0.1) is 0 Å². The zero-order chi connectivity index (χ0) is 33.4. The summed E-state index contributed by atoms with van der Waals surface area (Å²) in [6.07, 6.45) is 1.90. The molecule has 0 radical (unpaired) electrons. The Balaban J connectivity index is 1.01. The van der Waals surface area contributed by atoms with Gasteiger partial charge in [0.25, 0.3) is 0 Å². The van der Waals surface area contributed by atoms with Crippen LogP contribution in [0.4, 0.5) is 0 Å². The number of hydrogen-bond donors (Lipinski definition) is 0. The van der Waals surface area contributed by atoms with Crippen LogP contribution in [0.5, 0.6) is 0 Å². The van der Waals surface area contributed by atoms with Crippen molar-refractivity contribution in [1.82, 2.24) is 9.55 Å². The van der Waals surface area contributed by atoms with Crippen LogP contribution in [0, 0.1) is 0 Å². The third-order valence-electron chi connectivity index (χ3n) is 10.9. The largest absolute Gasteiger partial charge is 0.309 e. The van der Waals surface area contributed by atoms with Gasteiger partial charge in [-0.05, 0) is 110 Å². The fourth-order valence-electron chi connectivity index (χ4n) is 8.29. The maximum atomic E-state index is 4.55. The molecule has 7 aromatic carbocycles. The second-order valence-electron chi connectivity index (χ2n) is 14.0. The van der Waals surface area contributed by atoms with Gasteiger partial charge in [0.05, 0.1) is 16.6 Å². The molecule has 0 saturated carbocycles. The molecule has 50 heavy (non-hydrogen) atoms. The first-order chi connectivity index (χ1) is 24.5. The predicted octanol–water partition coefficient (Wildman–Crippen LogP) is 12.6. The van der Waals surface area contributed by atoms with Crippen LogP contribution in [-0.4, -0.2) is 9.55 Å². The molecule has 0 unspecified atom stereocenters. The monoisotopic (exact) mass is 638 g/mol. The highest BCUT2D eigenvalue weighted by atomic mass is 15.0. The summed E-state index contributed by atoms with van der Waals surface area (Å²) in [5, 5.41) is 3.73. The second kappa shape index (κ2) is 10.9. The Kier molecular flexibility index (Phi) is 6.25. The summed E-state index contributed by atoms with van der Waals surface area (Å²) in [5.74, 6) is 0. The smallest absolute Gasteiger partial charge is 0.0708 e. The zero-order valence-corrected chi connectivity index (χ0v) is 28.1. The number of para-hydroxylation sites is 3. The number of rotatable bonds is 4. The van der Waals surface area contributed by atoms with Crippen LogP contribution >= 0.6 is 0 Å². The van der Waals surface area contributed by atoms with Crippen molar-refractivity contribution in [3.05, 3.63) is 181 Å².